The Balaban J connectivity index is 1.86. The number of aromatic hydroxyl groups is 1. The molecule has 27 heavy (non-hydrogen) atoms. The molecule has 1 N–H and O–H groups in total. The molecule has 5 nitrogen and oxygen atoms in total. The molecule has 6 heteroatoms. The van der Waals surface area contributed by atoms with Crippen molar-refractivity contribution in [3.05, 3.63) is 77.6 Å². The van der Waals surface area contributed by atoms with E-state index in [9.17, 15) is 5.11 Å². The highest BCUT2D eigenvalue weighted by molar-refractivity contribution is 6.31. The van der Waals surface area contributed by atoms with Crippen molar-refractivity contribution in [3.8, 4) is 17.1 Å². The molecule has 0 aliphatic rings. The number of phenols is 1. The molecule has 134 valence electrons. The molecule has 0 amide bonds. The molecule has 0 saturated heterocycles. The standard InChI is InChI=1S/C21H17ClN4O/c1-26(13-15-6-4-5-11-23-15)21-16-10-9-14(22)12-18(16)24-20(25-21)17-7-2-3-8-19(17)27/h2-12,27H,13H2,1H3. The van der Waals surface area contributed by atoms with Gasteiger partial charge in [0.25, 0.3) is 0 Å². The summed E-state index contributed by atoms with van der Waals surface area (Å²) in [6.45, 7) is 0.593. The van der Waals surface area contributed by atoms with Crippen LogP contribution in [-0.2, 0) is 6.54 Å². The SMILES string of the molecule is CN(Cc1ccccn1)c1nc(-c2ccccc2O)nc2cc(Cl)ccc12. The molecule has 0 bridgehead atoms. The van der Waals surface area contributed by atoms with E-state index in [1.165, 1.54) is 0 Å². The molecule has 0 unspecified atom stereocenters. The smallest absolute Gasteiger partial charge is 0.165 e. The lowest BCUT2D eigenvalue weighted by Crippen LogP contribution is -2.19. The molecule has 0 saturated carbocycles. The Morgan fingerprint density at radius 2 is 1.81 bits per heavy atom. The van der Waals surface area contributed by atoms with Gasteiger partial charge in [-0.3, -0.25) is 4.98 Å². The molecule has 0 aliphatic carbocycles. The van der Waals surface area contributed by atoms with E-state index in [2.05, 4.69) is 9.97 Å². The van der Waals surface area contributed by atoms with Gasteiger partial charge in [0.1, 0.15) is 11.6 Å². The van der Waals surface area contributed by atoms with Crippen molar-refractivity contribution < 1.29 is 5.11 Å². The van der Waals surface area contributed by atoms with Crippen LogP contribution in [0, 0.1) is 0 Å². The molecule has 0 atom stereocenters. The van der Waals surface area contributed by atoms with Crippen molar-refractivity contribution >= 4 is 28.3 Å². The van der Waals surface area contributed by atoms with Crippen molar-refractivity contribution in [1.82, 2.24) is 15.0 Å². The summed E-state index contributed by atoms with van der Waals surface area (Å²) < 4.78 is 0. The second-order valence-corrected chi connectivity index (χ2v) is 6.66. The van der Waals surface area contributed by atoms with Crippen LogP contribution in [0.3, 0.4) is 0 Å². The molecule has 4 aromatic rings. The van der Waals surface area contributed by atoms with Gasteiger partial charge in [-0.2, -0.15) is 0 Å². The van der Waals surface area contributed by atoms with Gasteiger partial charge in [-0.1, -0.05) is 29.8 Å². The minimum atomic E-state index is 0.136. The maximum Gasteiger partial charge on any atom is 0.165 e. The fourth-order valence-electron chi connectivity index (χ4n) is 2.97. The highest BCUT2D eigenvalue weighted by atomic mass is 35.5. The van der Waals surface area contributed by atoms with Crippen LogP contribution in [0.15, 0.2) is 66.9 Å². The maximum absolute atomic E-state index is 10.2. The van der Waals surface area contributed by atoms with Crippen molar-refractivity contribution in [3.63, 3.8) is 0 Å². The van der Waals surface area contributed by atoms with Crippen molar-refractivity contribution in [2.24, 2.45) is 0 Å². The summed E-state index contributed by atoms with van der Waals surface area (Å²) in [7, 11) is 1.96. The zero-order valence-electron chi connectivity index (χ0n) is 14.7. The van der Waals surface area contributed by atoms with E-state index in [1.807, 2.05) is 48.3 Å². The third-order valence-corrected chi connectivity index (χ3v) is 4.51. The summed E-state index contributed by atoms with van der Waals surface area (Å²) in [6, 6.07) is 18.4. The first-order chi connectivity index (χ1) is 13.1. The van der Waals surface area contributed by atoms with E-state index in [4.69, 9.17) is 16.6 Å². The Kier molecular flexibility index (Phi) is 4.60. The van der Waals surface area contributed by atoms with Crippen molar-refractivity contribution in [2.45, 2.75) is 6.54 Å². The van der Waals surface area contributed by atoms with Gasteiger partial charge in [0.15, 0.2) is 5.82 Å². The summed E-state index contributed by atoms with van der Waals surface area (Å²) in [4.78, 5) is 15.8. The number of pyridine rings is 1. The highest BCUT2D eigenvalue weighted by Gasteiger charge is 2.15. The van der Waals surface area contributed by atoms with Crippen LogP contribution in [0.25, 0.3) is 22.3 Å². The summed E-state index contributed by atoms with van der Waals surface area (Å²) in [5, 5.41) is 11.7. The van der Waals surface area contributed by atoms with Gasteiger partial charge in [0.05, 0.1) is 23.3 Å². The number of halogens is 1. The first-order valence-electron chi connectivity index (χ1n) is 8.48. The lowest BCUT2D eigenvalue weighted by Gasteiger charge is -2.20. The fourth-order valence-corrected chi connectivity index (χ4v) is 3.14. The Morgan fingerprint density at radius 3 is 2.59 bits per heavy atom. The number of rotatable bonds is 4. The van der Waals surface area contributed by atoms with E-state index in [0.717, 1.165) is 22.4 Å². The number of benzene rings is 2. The van der Waals surface area contributed by atoms with Crippen LogP contribution < -0.4 is 4.90 Å². The molecule has 4 rings (SSSR count). The van der Waals surface area contributed by atoms with Gasteiger partial charge in [-0.25, -0.2) is 9.97 Å². The van der Waals surface area contributed by atoms with Crippen molar-refractivity contribution in [2.75, 3.05) is 11.9 Å². The molecule has 0 aliphatic heterocycles. The number of aromatic nitrogens is 3. The van der Waals surface area contributed by atoms with Gasteiger partial charge in [0, 0.05) is 23.7 Å². The third kappa shape index (κ3) is 3.55. The predicted octanol–water partition coefficient (Wildman–Crippen LogP) is 4.69. The Hall–Kier alpha value is -3.18. The Labute approximate surface area is 161 Å². The largest absolute Gasteiger partial charge is 0.507 e. The lowest BCUT2D eigenvalue weighted by atomic mass is 10.1. The van der Waals surface area contributed by atoms with E-state index in [0.29, 0.717) is 23.0 Å². The maximum atomic E-state index is 10.2. The molecule has 0 radical (unpaired) electrons. The fraction of sp³-hybridized carbons (Fsp3) is 0.0952. The molecule has 2 heterocycles. The van der Waals surface area contributed by atoms with Crippen molar-refractivity contribution in [1.29, 1.82) is 0 Å². The van der Waals surface area contributed by atoms with Gasteiger partial charge in [0.2, 0.25) is 0 Å². The average molecular weight is 377 g/mol. The zero-order chi connectivity index (χ0) is 18.8. The van der Waals surface area contributed by atoms with E-state index < -0.39 is 0 Å². The number of para-hydroxylation sites is 1. The second-order valence-electron chi connectivity index (χ2n) is 6.23. The first kappa shape index (κ1) is 17.2. The molecule has 2 aromatic heterocycles. The molecule has 0 fully saturated rings. The molecule has 0 spiro atoms. The van der Waals surface area contributed by atoms with E-state index >= 15 is 0 Å². The van der Waals surface area contributed by atoms with E-state index in [-0.39, 0.29) is 5.75 Å². The molecule has 2 aromatic carbocycles. The summed E-state index contributed by atoms with van der Waals surface area (Å²) in [5.74, 6) is 1.34. The van der Waals surface area contributed by atoms with Crippen LogP contribution in [0.1, 0.15) is 5.69 Å². The van der Waals surface area contributed by atoms with Gasteiger partial charge in [-0.15, -0.1) is 0 Å². The van der Waals surface area contributed by atoms with E-state index in [1.54, 1.807) is 30.5 Å². The summed E-state index contributed by atoms with van der Waals surface area (Å²) >= 11 is 6.18. The van der Waals surface area contributed by atoms with Gasteiger partial charge >= 0.3 is 0 Å². The molecular formula is C21H17ClN4O. The number of nitrogens with zero attached hydrogens (tertiary/aromatic N) is 4. The number of phenolic OH excluding ortho intramolecular Hbond substituents is 1. The van der Waals surface area contributed by atoms with Crippen LogP contribution in [0.2, 0.25) is 5.02 Å². The van der Waals surface area contributed by atoms with Gasteiger partial charge < -0.3 is 10.0 Å². The van der Waals surface area contributed by atoms with Crippen LogP contribution in [0.5, 0.6) is 5.75 Å². The quantitative estimate of drug-likeness (QED) is 0.560. The summed E-state index contributed by atoms with van der Waals surface area (Å²) in [6.07, 6.45) is 1.77. The first-order valence-corrected chi connectivity index (χ1v) is 8.86. The predicted molar refractivity (Wildman–Crippen MR) is 108 cm³/mol. The topological polar surface area (TPSA) is 62.1 Å². The number of hydrogen-bond donors (Lipinski definition) is 1. The minimum absolute atomic E-state index is 0.136. The Morgan fingerprint density at radius 1 is 1.00 bits per heavy atom. The highest BCUT2D eigenvalue weighted by Crippen LogP contribution is 2.32. The van der Waals surface area contributed by atoms with Crippen LogP contribution in [-0.4, -0.2) is 27.1 Å². The molecular weight excluding hydrogens is 360 g/mol. The number of anilines is 1. The number of hydrogen-bond acceptors (Lipinski definition) is 5. The summed E-state index contributed by atoms with van der Waals surface area (Å²) in [5.41, 5.74) is 2.23. The third-order valence-electron chi connectivity index (χ3n) is 4.27. The number of fused-ring (bicyclic) bond motifs is 1. The minimum Gasteiger partial charge on any atom is -0.507 e. The zero-order valence-corrected chi connectivity index (χ0v) is 15.4. The van der Waals surface area contributed by atoms with Crippen LogP contribution >= 0.6 is 11.6 Å². The van der Waals surface area contributed by atoms with Gasteiger partial charge in [-0.05, 0) is 42.5 Å². The average Bonchev–Trinajstić information content (AvgIpc) is 2.68. The monoisotopic (exact) mass is 376 g/mol. The normalized spacial score (nSPS) is 10.9. The lowest BCUT2D eigenvalue weighted by molar-refractivity contribution is 0.477. The van der Waals surface area contributed by atoms with Crippen LogP contribution in [0.4, 0.5) is 5.82 Å². The second kappa shape index (κ2) is 7.21. The Bertz CT molecular complexity index is 1100.